The molecule has 3 atom stereocenters. The fourth-order valence-electron chi connectivity index (χ4n) is 1.07. The molecular formula is C9H16O4. The number of carbonyl (C=O) groups is 2. The van der Waals surface area contributed by atoms with Crippen molar-refractivity contribution in [2.75, 3.05) is 13.7 Å². The predicted molar refractivity (Wildman–Crippen MR) is 47.3 cm³/mol. The number of methoxy groups -OCH3 is 1. The third-order valence-electron chi connectivity index (χ3n) is 2.18. The Labute approximate surface area is 77.9 Å². The molecule has 0 aliphatic heterocycles. The van der Waals surface area contributed by atoms with E-state index in [4.69, 9.17) is 9.84 Å². The Balaban J connectivity index is 4.09. The summed E-state index contributed by atoms with van der Waals surface area (Å²) >= 11 is 0. The lowest BCUT2D eigenvalue weighted by Crippen LogP contribution is -2.25. The number of hydrogen-bond donors (Lipinski definition) is 1. The van der Waals surface area contributed by atoms with Gasteiger partial charge in [-0.2, -0.15) is 0 Å². The first-order valence-corrected chi connectivity index (χ1v) is 4.23. The van der Waals surface area contributed by atoms with Crippen molar-refractivity contribution < 1.29 is 19.4 Å². The lowest BCUT2D eigenvalue weighted by Gasteiger charge is -2.19. The number of carbonyl (C=O) groups excluding carboxylic acids is 2. The van der Waals surface area contributed by atoms with Gasteiger partial charge in [0.1, 0.15) is 18.7 Å². The Morgan fingerprint density at radius 3 is 2.31 bits per heavy atom. The van der Waals surface area contributed by atoms with Gasteiger partial charge in [-0.1, -0.05) is 6.92 Å². The van der Waals surface area contributed by atoms with Crippen LogP contribution < -0.4 is 0 Å². The van der Waals surface area contributed by atoms with Gasteiger partial charge >= 0.3 is 0 Å². The fraction of sp³-hybridized carbons (Fsp3) is 0.778. The van der Waals surface area contributed by atoms with Crippen LogP contribution in [0.5, 0.6) is 0 Å². The van der Waals surface area contributed by atoms with E-state index in [9.17, 15) is 9.59 Å². The zero-order chi connectivity index (χ0) is 10.3. The summed E-state index contributed by atoms with van der Waals surface area (Å²) in [6.07, 6.45) is 1.31. The van der Waals surface area contributed by atoms with Crippen molar-refractivity contribution in [1.29, 1.82) is 0 Å². The van der Waals surface area contributed by atoms with Crippen LogP contribution in [0, 0.1) is 11.8 Å². The normalized spacial score (nSPS) is 17.5. The smallest absolute Gasteiger partial charge is 0.148 e. The second-order valence-electron chi connectivity index (χ2n) is 3.08. The van der Waals surface area contributed by atoms with Crippen LogP contribution in [0.3, 0.4) is 0 Å². The highest BCUT2D eigenvalue weighted by molar-refractivity contribution is 5.57. The summed E-state index contributed by atoms with van der Waals surface area (Å²) < 4.78 is 4.83. The first kappa shape index (κ1) is 12.3. The SMILES string of the molecule is COC(C=O)CC(CO)C(C)C=O. The molecule has 76 valence electrons. The van der Waals surface area contributed by atoms with Crippen molar-refractivity contribution >= 4 is 12.6 Å². The predicted octanol–water partition coefficient (Wildman–Crippen LogP) is 0.0339. The van der Waals surface area contributed by atoms with Crippen molar-refractivity contribution in [2.24, 2.45) is 11.8 Å². The first-order valence-electron chi connectivity index (χ1n) is 4.23. The van der Waals surface area contributed by atoms with E-state index in [1.807, 2.05) is 0 Å². The maximum absolute atomic E-state index is 10.4. The summed E-state index contributed by atoms with van der Waals surface area (Å²) in [5.74, 6) is -0.449. The Bertz CT molecular complexity index is 158. The molecule has 0 fully saturated rings. The minimum Gasteiger partial charge on any atom is -0.396 e. The second kappa shape index (κ2) is 6.74. The minimum absolute atomic E-state index is 0.104. The summed E-state index contributed by atoms with van der Waals surface area (Å²) in [6, 6.07) is 0. The van der Waals surface area contributed by atoms with E-state index in [-0.39, 0.29) is 18.4 Å². The van der Waals surface area contributed by atoms with Gasteiger partial charge in [-0.3, -0.25) is 0 Å². The molecule has 0 amide bonds. The monoisotopic (exact) mass is 188 g/mol. The maximum atomic E-state index is 10.4. The molecule has 13 heavy (non-hydrogen) atoms. The van der Waals surface area contributed by atoms with Gasteiger partial charge in [0, 0.05) is 19.6 Å². The molecule has 0 saturated heterocycles. The molecular weight excluding hydrogens is 172 g/mol. The molecule has 0 heterocycles. The van der Waals surface area contributed by atoms with E-state index in [0.29, 0.717) is 12.7 Å². The van der Waals surface area contributed by atoms with Crippen molar-refractivity contribution in [1.82, 2.24) is 0 Å². The number of rotatable bonds is 7. The average molecular weight is 188 g/mol. The molecule has 0 aromatic carbocycles. The number of aliphatic hydroxyl groups is 1. The highest BCUT2D eigenvalue weighted by Gasteiger charge is 2.20. The second-order valence-corrected chi connectivity index (χ2v) is 3.08. The van der Waals surface area contributed by atoms with Gasteiger partial charge in [-0.25, -0.2) is 0 Å². The third kappa shape index (κ3) is 4.15. The third-order valence-corrected chi connectivity index (χ3v) is 2.18. The van der Waals surface area contributed by atoms with Gasteiger partial charge in [0.2, 0.25) is 0 Å². The summed E-state index contributed by atoms with van der Waals surface area (Å²) in [5.41, 5.74) is 0. The van der Waals surface area contributed by atoms with E-state index in [1.165, 1.54) is 7.11 Å². The molecule has 0 spiro atoms. The van der Waals surface area contributed by atoms with Crippen LogP contribution in [0.2, 0.25) is 0 Å². The van der Waals surface area contributed by atoms with Crippen LogP contribution in [0.4, 0.5) is 0 Å². The van der Waals surface area contributed by atoms with Crippen molar-refractivity contribution in [3.8, 4) is 0 Å². The molecule has 4 nitrogen and oxygen atoms in total. The minimum atomic E-state index is -0.528. The van der Waals surface area contributed by atoms with Crippen LogP contribution in [0.25, 0.3) is 0 Å². The fourth-order valence-corrected chi connectivity index (χ4v) is 1.07. The van der Waals surface area contributed by atoms with Crippen LogP contribution >= 0.6 is 0 Å². The highest BCUT2D eigenvalue weighted by Crippen LogP contribution is 2.15. The molecule has 3 unspecified atom stereocenters. The largest absolute Gasteiger partial charge is 0.396 e. The zero-order valence-corrected chi connectivity index (χ0v) is 7.97. The van der Waals surface area contributed by atoms with Crippen molar-refractivity contribution in [3.05, 3.63) is 0 Å². The molecule has 4 heteroatoms. The van der Waals surface area contributed by atoms with Gasteiger partial charge in [-0.05, 0) is 12.3 Å². The number of aliphatic hydroxyl groups excluding tert-OH is 1. The lowest BCUT2D eigenvalue weighted by molar-refractivity contribution is -0.119. The van der Waals surface area contributed by atoms with E-state index >= 15 is 0 Å². The van der Waals surface area contributed by atoms with Gasteiger partial charge in [0.05, 0.1) is 0 Å². The summed E-state index contributed by atoms with van der Waals surface area (Å²) in [5, 5.41) is 8.94. The van der Waals surface area contributed by atoms with E-state index in [2.05, 4.69) is 0 Å². The lowest BCUT2D eigenvalue weighted by atomic mass is 9.91. The number of hydrogen-bond acceptors (Lipinski definition) is 4. The average Bonchev–Trinajstić information content (AvgIpc) is 2.19. The first-order chi connectivity index (χ1) is 6.19. The highest BCUT2D eigenvalue weighted by atomic mass is 16.5. The molecule has 0 aromatic rings. The zero-order valence-electron chi connectivity index (χ0n) is 7.97. The Morgan fingerprint density at radius 1 is 1.38 bits per heavy atom. The van der Waals surface area contributed by atoms with Gasteiger partial charge in [0.25, 0.3) is 0 Å². The standard InChI is InChI=1S/C9H16O4/c1-7(4-10)8(5-11)3-9(6-12)13-2/h4,6-9,11H,3,5H2,1-2H3. The van der Waals surface area contributed by atoms with Crippen LogP contribution in [0.15, 0.2) is 0 Å². The van der Waals surface area contributed by atoms with Crippen LogP contribution in [-0.4, -0.2) is 37.5 Å². The molecule has 0 bridgehead atoms. The number of aldehydes is 2. The topological polar surface area (TPSA) is 63.6 Å². The summed E-state index contributed by atoms with van der Waals surface area (Å²) in [4.78, 5) is 20.8. The van der Waals surface area contributed by atoms with Crippen molar-refractivity contribution in [3.63, 3.8) is 0 Å². The number of ether oxygens (including phenoxy) is 1. The molecule has 0 rings (SSSR count). The van der Waals surface area contributed by atoms with Crippen LogP contribution in [0.1, 0.15) is 13.3 Å². The van der Waals surface area contributed by atoms with Gasteiger partial charge < -0.3 is 19.4 Å². The Hall–Kier alpha value is -0.740. The van der Waals surface area contributed by atoms with E-state index in [1.54, 1.807) is 6.92 Å². The molecule has 0 saturated carbocycles. The Morgan fingerprint density at radius 2 is 2.00 bits per heavy atom. The van der Waals surface area contributed by atoms with Gasteiger partial charge in [0.15, 0.2) is 0 Å². The maximum Gasteiger partial charge on any atom is 0.148 e. The molecule has 0 aliphatic rings. The molecule has 0 aromatic heterocycles. The Kier molecular flexibility index (Phi) is 6.36. The van der Waals surface area contributed by atoms with E-state index < -0.39 is 6.10 Å². The van der Waals surface area contributed by atoms with Crippen molar-refractivity contribution in [2.45, 2.75) is 19.4 Å². The van der Waals surface area contributed by atoms with Gasteiger partial charge in [-0.15, -0.1) is 0 Å². The molecule has 1 N–H and O–H groups in total. The van der Waals surface area contributed by atoms with E-state index in [0.717, 1.165) is 6.29 Å². The molecule has 0 radical (unpaired) electrons. The van der Waals surface area contributed by atoms with Crippen LogP contribution in [-0.2, 0) is 14.3 Å². The molecule has 0 aliphatic carbocycles. The summed E-state index contributed by atoms with van der Waals surface area (Å²) in [6.45, 7) is 1.61. The quantitative estimate of drug-likeness (QED) is 0.573. The summed E-state index contributed by atoms with van der Waals surface area (Å²) in [7, 11) is 1.43.